The predicted octanol–water partition coefficient (Wildman–Crippen LogP) is 2.35. The molecule has 0 radical (unpaired) electrons. The van der Waals surface area contributed by atoms with Gasteiger partial charge in [-0.05, 0) is 38.5 Å². The van der Waals surface area contributed by atoms with E-state index in [2.05, 4.69) is 32.7 Å². The molecular formula is C10H20N2. The predicted molar refractivity (Wildman–Crippen MR) is 55.4 cm³/mol. The van der Waals surface area contributed by atoms with E-state index in [-0.39, 0.29) is 0 Å². The summed E-state index contributed by atoms with van der Waals surface area (Å²) in [5.74, 6) is 0.451. The molecule has 2 heteroatoms. The van der Waals surface area contributed by atoms with E-state index in [0.29, 0.717) is 12.0 Å². The summed E-state index contributed by atoms with van der Waals surface area (Å²) in [7, 11) is 0. The molecule has 70 valence electrons. The molecule has 0 bridgehead atoms. The fraction of sp³-hybridized carbons (Fsp3) is 0.700. The highest BCUT2D eigenvalue weighted by molar-refractivity contribution is 6.00. The molecule has 0 aliphatic rings. The van der Waals surface area contributed by atoms with E-state index in [4.69, 9.17) is 5.73 Å². The molecule has 0 rings (SSSR count). The Morgan fingerprint density at radius 3 is 2.00 bits per heavy atom. The third kappa shape index (κ3) is 3.56. The molecule has 0 fully saturated rings. The van der Waals surface area contributed by atoms with Crippen LogP contribution < -0.4 is 5.73 Å². The highest BCUT2D eigenvalue weighted by atomic mass is 14.8. The summed E-state index contributed by atoms with van der Waals surface area (Å²) < 4.78 is 0. The monoisotopic (exact) mass is 168 g/mol. The third-order valence-electron chi connectivity index (χ3n) is 1.60. The topological polar surface area (TPSA) is 38.4 Å². The zero-order chi connectivity index (χ0) is 9.72. The largest absolute Gasteiger partial charge is 0.404 e. The lowest BCUT2D eigenvalue weighted by atomic mass is 10.0. The van der Waals surface area contributed by atoms with Gasteiger partial charge in [0.2, 0.25) is 0 Å². The molecule has 0 aromatic rings. The van der Waals surface area contributed by atoms with Crippen molar-refractivity contribution in [2.45, 2.75) is 40.7 Å². The van der Waals surface area contributed by atoms with Gasteiger partial charge in [0.1, 0.15) is 0 Å². The Bertz CT molecular complexity index is 188. The van der Waals surface area contributed by atoms with E-state index >= 15 is 0 Å². The van der Waals surface area contributed by atoms with E-state index < -0.39 is 0 Å². The standard InChI is InChI=1S/C10H20N2/c1-7(2)10(9(5)6-11)12-8(3)4/h6-8H,11H2,1-5H3. The van der Waals surface area contributed by atoms with Crippen LogP contribution in [0, 0.1) is 5.92 Å². The lowest BCUT2D eigenvalue weighted by Gasteiger charge is -2.11. The maximum atomic E-state index is 5.44. The third-order valence-corrected chi connectivity index (χ3v) is 1.60. The number of aliphatic imine (C=N–C) groups is 1. The van der Waals surface area contributed by atoms with Crippen molar-refractivity contribution in [2.24, 2.45) is 16.6 Å². The molecule has 0 unspecified atom stereocenters. The van der Waals surface area contributed by atoms with Crippen molar-refractivity contribution < 1.29 is 0 Å². The Balaban J connectivity index is 4.67. The molecule has 2 nitrogen and oxygen atoms in total. The maximum Gasteiger partial charge on any atom is 0.0446 e. The van der Waals surface area contributed by atoms with Crippen LogP contribution in [-0.4, -0.2) is 11.8 Å². The summed E-state index contributed by atoms with van der Waals surface area (Å²) in [6.45, 7) is 10.4. The molecule has 0 saturated carbocycles. The molecule has 0 spiro atoms. The molecule has 0 heterocycles. The number of allylic oxidation sites excluding steroid dienone is 1. The van der Waals surface area contributed by atoms with Gasteiger partial charge in [-0.3, -0.25) is 4.99 Å². The number of hydrogen-bond acceptors (Lipinski definition) is 2. The first kappa shape index (κ1) is 11.2. The fourth-order valence-electron chi connectivity index (χ4n) is 1.07. The van der Waals surface area contributed by atoms with E-state index in [0.717, 1.165) is 11.3 Å². The van der Waals surface area contributed by atoms with Gasteiger partial charge in [0.25, 0.3) is 0 Å². The average Bonchev–Trinajstić information content (AvgIpc) is 1.98. The van der Waals surface area contributed by atoms with Gasteiger partial charge in [0, 0.05) is 11.8 Å². The minimum Gasteiger partial charge on any atom is -0.404 e. The summed E-state index contributed by atoms with van der Waals surface area (Å²) >= 11 is 0. The number of nitrogens with two attached hydrogens (primary N) is 1. The van der Waals surface area contributed by atoms with Crippen LogP contribution in [0.3, 0.4) is 0 Å². The molecule has 0 aromatic carbocycles. The Morgan fingerprint density at radius 1 is 1.25 bits per heavy atom. The second-order valence-corrected chi connectivity index (χ2v) is 3.61. The zero-order valence-corrected chi connectivity index (χ0v) is 8.76. The lowest BCUT2D eigenvalue weighted by molar-refractivity contribution is 0.796. The first-order valence-electron chi connectivity index (χ1n) is 4.45. The van der Waals surface area contributed by atoms with Crippen molar-refractivity contribution in [1.82, 2.24) is 0 Å². The fourth-order valence-corrected chi connectivity index (χ4v) is 1.07. The van der Waals surface area contributed by atoms with Crippen LogP contribution in [0.2, 0.25) is 0 Å². The van der Waals surface area contributed by atoms with E-state index in [1.165, 1.54) is 0 Å². The van der Waals surface area contributed by atoms with E-state index in [1.807, 2.05) is 6.92 Å². The Labute approximate surface area is 75.6 Å². The van der Waals surface area contributed by atoms with Crippen molar-refractivity contribution in [3.63, 3.8) is 0 Å². The van der Waals surface area contributed by atoms with Gasteiger partial charge in [-0.25, -0.2) is 0 Å². The number of rotatable bonds is 3. The molecule has 0 atom stereocenters. The molecule has 2 N–H and O–H groups in total. The second-order valence-electron chi connectivity index (χ2n) is 3.61. The Morgan fingerprint density at radius 2 is 1.75 bits per heavy atom. The summed E-state index contributed by atoms with van der Waals surface area (Å²) in [6.07, 6.45) is 1.63. The number of nitrogens with zero attached hydrogens (tertiary/aromatic N) is 1. The summed E-state index contributed by atoms with van der Waals surface area (Å²) in [5, 5.41) is 0. The smallest absolute Gasteiger partial charge is 0.0446 e. The summed E-state index contributed by atoms with van der Waals surface area (Å²) in [4.78, 5) is 4.52. The molecule has 0 amide bonds. The highest BCUT2D eigenvalue weighted by Crippen LogP contribution is 2.08. The van der Waals surface area contributed by atoms with Crippen LogP contribution in [0.4, 0.5) is 0 Å². The van der Waals surface area contributed by atoms with Gasteiger partial charge in [0.15, 0.2) is 0 Å². The van der Waals surface area contributed by atoms with Gasteiger partial charge < -0.3 is 5.73 Å². The summed E-state index contributed by atoms with van der Waals surface area (Å²) in [6, 6.07) is 0.345. The Hall–Kier alpha value is -0.790. The molecule has 0 aliphatic carbocycles. The lowest BCUT2D eigenvalue weighted by Crippen LogP contribution is -2.13. The number of hydrogen-bond donors (Lipinski definition) is 1. The molecular weight excluding hydrogens is 148 g/mol. The van der Waals surface area contributed by atoms with E-state index in [1.54, 1.807) is 6.20 Å². The van der Waals surface area contributed by atoms with Crippen LogP contribution in [0.15, 0.2) is 16.8 Å². The minimum absolute atomic E-state index is 0.345. The zero-order valence-electron chi connectivity index (χ0n) is 8.76. The van der Waals surface area contributed by atoms with E-state index in [9.17, 15) is 0 Å². The van der Waals surface area contributed by atoms with Gasteiger partial charge in [0.05, 0.1) is 0 Å². The van der Waals surface area contributed by atoms with Crippen LogP contribution in [-0.2, 0) is 0 Å². The van der Waals surface area contributed by atoms with Gasteiger partial charge >= 0.3 is 0 Å². The quantitative estimate of drug-likeness (QED) is 0.645. The van der Waals surface area contributed by atoms with Crippen molar-refractivity contribution in [2.75, 3.05) is 0 Å². The normalized spacial score (nSPS) is 14.6. The molecule has 12 heavy (non-hydrogen) atoms. The van der Waals surface area contributed by atoms with Crippen molar-refractivity contribution in [3.05, 3.63) is 11.8 Å². The van der Waals surface area contributed by atoms with Crippen LogP contribution in [0.5, 0.6) is 0 Å². The SMILES string of the molecule is CC(=CN)C(=NC(C)C)C(C)C. The van der Waals surface area contributed by atoms with Crippen molar-refractivity contribution >= 4 is 5.71 Å². The average molecular weight is 168 g/mol. The summed E-state index contributed by atoms with van der Waals surface area (Å²) in [5.41, 5.74) is 7.64. The molecule has 0 aromatic heterocycles. The first-order valence-corrected chi connectivity index (χ1v) is 4.45. The maximum absolute atomic E-state index is 5.44. The molecule has 0 aliphatic heterocycles. The van der Waals surface area contributed by atoms with Crippen LogP contribution >= 0.6 is 0 Å². The van der Waals surface area contributed by atoms with Crippen molar-refractivity contribution in [3.8, 4) is 0 Å². The molecule has 0 saturated heterocycles. The van der Waals surface area contributed by atoms with Crippen LogP contribution in [0.25, 0.3) is 0 Å². The second kappa shape index (κ2) is 4.96. The van der Waals surface area contributed by atoms with Gasteiger partial charge in [-0.1, -0.05) is 13.8 Å². The van der Waals surface area contributed by atoms with Crippen LogP contribution in [0.1, 0.15) is 34.6 Å². The van der Waals surface area contributed by atoms with Gasteiger partial charge in [-0.2, -0.15) is 0 Å². The Kier molecular flexibility index (Phi) is 4.64. The minimum atomic E-state index is 0.345. The van der Waals surface area contributed by atoms with Gasteiger partial charge in [-0.15, -0.1) is 0 Å². The highest BCUT2D eigenvalue weighted by Gasteiger charge is 2.07. The van der Waals surface area contributed by atoms with Crippen molar-refractivity contribution in [1.29, 1.82) is 0 Å². The first-order chi connectivity index (χ1) is 5.49.